The first-order valence-electron chi connectivity index (χ1n) is 5.29. The lowest BCUT2D eigenvalue weighted by molar-refractivity contribution is -0.111. The van der Waals surface area contributed by atoms with Crippen LogP contribution in [0.5, 0.6) is 0 Å². The Hall–Kier alpha value is -0.390. The number of hydrogen-bond donors (Lipinski definition) is 0. The molecule has 1 heterocycles. The molecule has 0 aliphatic heterocycles. The summed E-state index contributed by atoms with van der Waals surface area (Å²) >= 11 is 3.11. The molecule has 5 heteroatoms. The van der Waals surface area contributed by atoms with Crippen molar-refractivity contribution >= 4 is 28.2 Å². The molecule has 0 saturated heterocycles. The summed E-state index contributed by atoms with van der Waals surface area (Å²) in [5, 5.41) is 0.288. The Labute approximate surface area is 105 Å². The Kier molecular flexibility index (Phi) is 6.01. The molecule has 16 heavy (non-hydrogen) atoms. The normalized spacial score (nSPS) is 11.0. The zero-order valence-electron chi connectivity index (χ0n) is 10.0. The fourth-order valence-electron chi connectivity index (χ4n) is 1.21. The number of nitrogens with zero attached hydrogens (tertiary/aromatic N) is 2. The standard InChI is InChI=1S/C11H18N2OS2/c1-9-10(16-8-12-9)5-7-15-11(14)4-6-13(2)3/h8H,4-7H2,1-3H3. The molecule has 0 atom stereocenters. The molecule has 0 amide bonds. The van der Waals surface area contributed by atoms with E-state index in [1.54, 1.807) is 11.3 Å². The van der Waals surface area contributed by atoms with Gasteiger partial charge in [-0.1, -0.05) is 11.8 Å². The van der Waals surface area contributed by atoms with Crippen molar-refractivity contribution in [1.82, 2.24) is 9.88 Å². The van der Waals surface area contributed by atoms with Gasteiger partial charge in [-0.05, 0) is 27.4 Å². The lowest BCUT2D eigenvalue weighted by atomic mass is 10.3. The molecular formula is C11H18N2OS2. The van der Waals surface area contributed by atoms with Crippen LogP contribution in [0.1, 0.15) is 17.0 Å². The highest BCUT2D eigenvalue weighted by Crippen LogP contribution is 2.16. The number of rotatable bonds is 6. The van der Waals surface area contributed by atoms with E-state index in [2.05, 4.69) is 4.98 Å². The van der Waals surface area contributed by atoms with Crippen molar-refractivity contribution in [1.29, 1.82) is 0 Å². The van der Waals surface area contributed by atoms with E-state index in [1.807, 2.05) is 31.4 Å². The molecule has 0 aliphatic carbocycles. The first-order valence-corrected chi connectivity index (χ1v) is 7.15. The smallest absolute Gasteiger partial charge is 0.190 e. The third-order valence-corrected chi connectivity index (χ3v) is 4.13. The van der Waals surface area contributed by atoms with Crippen LogP contribution in [-0.2, 0) is 11.2 Å². The van der Waals surface area contributed by atoms with Gasteiger partial charge in [0.05, 0.1) is 11.2 Å². The van der Waals surface area contributed by atoms with Crippen LogP contribution >= 0.6 is 23.1 Å². The highest BCUT2D eigenvalue weighted by molar-refractivity contribution is 8.13. The van der Waals surface area contributed by atoms with Crippen LogP contribution in [0.25, 0.3) is 0 Å². The number of aromatic nitrogens is 1. The van der Waals surface area contributed by atoms with Gasteiger partial charge in [0.15, 0.2) is 5.12 Å². The van der Waals surface area contributed by atoms with E-state index in [0.29, 0.717) is 6.42 Å². The summed E-state index contributed by atoms with van der Waals surface area (Å²) in [6, 6.07) is 0. The largest absolute Gasteiger partial charge is 0.309 e. The fourth-order valence-corrected chi connectivity index (χ4v) is 2.89. The molecule has 0 aliphatic rings. The van der Waals surface area contributed by atoms with E-state index >= 15 is 0 Å². The summed E-state index contributed by atoms with van der Waals surface area (Å²) in [7, 11) is 3.97. The van der Waals surface area contributed by atoms with Gasteiger partial charge in [-0.15, -0.1) is 11.3 Å². The molecule has 3 nitrogen and oxygen atoms in total. The highest BCUT2D eigenvalue weighted by Gasteiger charge is 2.05. The molecule has 0 fully saturated rings. The van der Waals surface area contributed by atoms with Crippen molar-refractivity contribution in [3.8, 4) is 0 Å². The molecule has 1 rings (SSSR count). The minimum atomic E-state index is 0.288. The van der Waals surface area contributed by atoms with Crippen LogP contribution in [0.15, 0.2) is 5.51 Å². The molecule has 0 saturated carbocycles. The Morgan fingerprint density at radius 1 is 1.56 bits per heavy atom. The van der Waals surface area contributed by atoms with Crippen molar-refractivity contribution in [2.24, 2.45) is 0 Å². The van der Waals surface area contributed by atoms with Gasteiger partial charge in [0.25, 0.3) is 0 Å². The maximum absolute atomic E-state index is 11.5. The minimum Gasteiger partial charge on any atom is -0.309 e. The van der Waals surface area contributed by atoms with E-state index in [-0.39, 0.29) is 5.12 Å². The summed E-state index contributed by atoms with van der Waals surface area (Å²) in [5.74, 6) is 0.870. The molecule has 0 bridgehead atoms. The highest BCUT2D eigenvalue weighted by atomic mass is 32.2. The van der Waals surface area contributed by atoms with E-state index < -0.39 is 0 Å². The first-order chi connectivity index (χ1) is 7.59. The number of carbonyl (C=O) groups is 1. The number of thiazole rings is 1. The van der Waals surface area contributed by atoms with E-state index in [4.69, 9.17) is 0 Å². The number of carbonyl (C=O) groups excluding carboxylic acids is 1. The van der Waals surface area contributed by atoms with Crippen LogP contribution in [0.4, 0.5) is 0 Å². The van der Waals surface area contributed by atoms with Crippen molar-refractivity contribution in [3.63, 3.8) is 0 Å². The third kappa shape index (κ3) is 5.09. The quantitative estimate of drug-likeness (QED) is 0.783. The Bertz CT molecular complexity index is 336. The van der Waals surface area contributed by atoms with Crippen molar-refractivity contribution in [3.05, 3.63) is 16.1 Å². The summed E-state index contributed by atoms with van der Waals surface area (Å²) in [6.45, 7) is 2.86. The predicted octanol–water partition coefficient (Wildman–Crippen LogP) is 2.21. The van der Waals surface area contributed by atoms with Crippen molar-refractivity contribution in [2.75, 3.05) is 26.4 Å². The van der Waals surface area contributed by atoms with Crippen LogP contribution in [-0.4, -0.2) is 41.4 Å². The maximum atomic E-state index is 11.5. The second-order valence-corrected chi connectivity index (χ2v) is 5.98. The molecule has 0 aromatic carbocycles. The minimum absolute atomic E-state index is 0.288. The van der Waals surface area contributed by atoms with Gasteiger partial charge in [0.1, 0.15) is 0 Å². The number of aryl methyl sites for hydroxylation is 2. The van der Waals surface area contributed by atoms with Crippen LogP contribution in [0.2, 0.25) is 0 Å². The summed E-state index contributed by atoms with van der Waals surface area (Å²) in [6.07, 6.45) is 1.59. The van der Waals surface area contributed by atoms with E-state index in [0.717, 1.165) is 24.4 Å². The van der Waals surface area contributed by atoms with Gasteiger partial charge in [-0.3, -0.25) is 4.79 Å². The molecular weight excluding hydrogens is 240 g/mol. The van der Waals surface area contributed by atoms with E-state index in [1.165, 1.54) is 16.6 Å². The topological polar surface area (TPSA) is 33.2 Å². The second-order valence-electron chi connectivity index (χ2n) is 3.88. The van der Waals surface area contributed by atoms with E-state index in [9.17, 15) is 4.79 Å². The first kappa shape index (κ1) is 13.7. The summed E-state index contributed by atoms with van der Waals surface area (Å²) in [5.41, 5.74) is 2.97. The SMILES string of the molecule is Cc1ncsc1CCSC(=O)CCN(C)C. The predicted molar refractivity (Wildman–Crippen MR) is 71.2 cm³/mol. The molecule has 0 unspecified atom stereocenters. The zero-order chi connectivity index (χ0) is 12.0. The molecule has 0 spiro atoms. The van der Waals surface area contributed by atoms with Gasteiger partial charge in [-0.2, -0.15) is 0 Å². The maximum Gasteiger partial charge on any atom is 0.190 e. The Morgan fingerprint density at radius 3 is 2.88 bits per heavy atom. The van der Waals surface area contributed by atoms with Gasteiger partial charge < -0.3 is 4.90 Å². The molecule has 1 aromatic rings. The zero-order valence-corrected chi connectivity index (χ0v) is 11.7. The van der Waals surface area contributed by atoms with Crippen LogP contribution < -0.4 is 0 Å². The monoisotopic (exact) mass is 258 g/mol. The van der Waals surface area contributed by atoms with Crippen molar-refractivity contribution in [2.45, 2.75) is 19.8 Å². The molecule has 0 radical (unpaired) electrons. The fraction of sp³-hybridized carbons (Fsp3) is 0.636. The summed E-state index contributed by atoms with van der Waals surface area (Å²) < 4.78 is 0. The van der Waals surface area contributed by atoms with Gasteiger partial charge in [0, 0.05) is 23.6 Å². The lowest BCUT2D eigenvalue weighted by Crippen LogP contribution is -2.15. The van der Waals surface area contributed by atoms with Gasteiger partial charge in [-0.25, -0.2) is 4.98 Å². The second kappa shape index (κ2) is 7.04. The van der Waals surface area contributed by atoms with Gasteiger partial charge in [0.2, 0.25) is 0 Å². The average molecular weight is 258 g/mol. The lowest BCUT2D eigenvalue weighted by Gasteiger charge is -2.07. The van der Waals surface area contributed by atoms with Crippen LogP contribution in [0, 0.1) is 6.92 Å². The molecule has 1 aromatic heterocycles. The number of hydrogen-bond acceptors (Lipinski definition) is 5. The third-order valence-electron chi connectivity index (χ3n) is 2.20. The summed E-state index contributed by atoms with van der Waals surface area (Å²) in [4.78, 5) is 19.0. The van der Waals surface area contributed by atoms with Crippen LogP contribution in [0.3, 0.4) is 0 Å². The molecule has 90 valence electrons. The van der Waals surface area contributed by atoms with Gasteiger partial charge >= 0.3 is 0 Å². The Balaban J connectivity index is 2.16. The Morgan fingerprint density at radius 2 is 2.31 bits per heavy atom. The van der Waals surface area contributed by atoms with Crippen molar-refractivity contribution < 1.29 is 4.79 Å². The average Bonchev–Trinajstić information content (AvgIpc) is 2.61. The number of thioether (sulfide) groups is 1. The molecule has 0 N–H and O–H groups in total.